The van der Waals surface area contributed by atoms with Gasteiger partial charge in [-0.05, 0) is 67.6 Å². The minimum absolute atomic E-state index is 0.264. The van der Waals surface area contributed by atoms with Crippen LogP contribution < -0.4 is 19.5 Å². The van der Waals surface area contributed by atoms with Gasteiger partial charge >= 0.3 is 0 Å². The fourth-order valence-electron chi connectivity index (χ4n) is 3.31. The largest absolute Gasteiger partial charge is 0.493 e. The second kappa shape index (κ2) is 11.3. The molecule has 0 heterocycles. The summed E-state index contributed by atoms with van der Waals surface area (Å²) in [5, 5.41) is 3.40. The lowest BCUT2D eigenvalue weighted by Crippen LogP contribution is -2.13. The number of rotatable bonds is 9. The number of amides is 1. The molecule has 0 saturated carbocycles. The van der Waals surface area contributed by atoms with E-state index in [9.17, 15) is 4.79 Å². The Morgan fingerprint density at radius 3 is 2.18 bits per heavy atom. The first-order chi connectivity index (χ1) is 16.6. The molecule has 0 radical (unpaired) electrons. The van der Waals surface area contributed by atoms with Gasteiger partial charge in [0.1, 0.15) is 23.9 Å². The van der Waals surface area contributed by atoms with E-state index < -0.39 is 0 Å². The van der Waals surface area contributed by atoms with Crippen LogP contribution in [0.5, 0.6) is 23.0 Å². The standard InChI is InChI=1S/C28H24ClNO4/c1-2-32-26-15-13-20(17-21(26)19-33-23-9-5-3-6-10-23)28(31)30-25-18-22(29)14-16-27(25)34-24-11-7-4-8-12-24/h3-18H,2,19H2,1H3,(H,30,31). The Bertz CT molecular complexity index is 1250. The van der Waals surface area contributed by atoms with Crippen molar-refractivity contribution in [3.63, 3.8) is 0 Å². The van der Waals surface area contributed by atoms with Crippen LogP contribution in [0.25, 0.3) is 0 Å². The number of halogens is 1. The van der Waals surface area contributed by atoms with Gasteiger partial charge in [-0.1, -0.05) is 48.0 Å². The molecule has 5 nitrogen and oxygen atoms in total. The zero-order chi connectivity index (χ0) is 23.8. The number of carbonyl (C=O) groups excluding carboxylic acids is 1. The van der Waals surface area contributed by atoms with E-state index in [-0.39, 0.29) is 12.5 Å². The topological polar surface area (TPSA) is 56.8 Å². The molecular formula is C28H24ClNO4. The molecule has 0 fully saturated rings. The van der Waals surface area contributed by atoms with Crippen molar-refractivity contribution >= 4 is 23.2 Å². The van der Waals surface area contributed by atoms with Crippen LogP contribution in [0, 0.1) is 0 Å². The molecule has 0 aliphatic heterocycles. The third-order valence-corrected chi connectivity index (χ3v) is 5.16. The highest BCUT2D eigenvalue weighted by Crippen LogP contribution is 2.32. The summed E-state index contributed by atoms with van der Waals surface area (Å²) in [6.45, 7) is 2.68. The van der Waals surface area contributed by atoms with Gasteiger partial charge in [-0.25, -0.2) is 0 Å². The van der Waals surface area contributed by atoms with Crippen LogP contribution in [0.15, 0.2) is 97.1 Å². The van der Waals surface area contributed by atoms with E-state index in [1.807, 2.05) is 67.6 Å². The highest BCUT2D eigenvalue weighted by atomic mass is 35.5. The summed E-state index contributed by atoms with van der Waals surface area (Å²) in [5.41, 5.74) is 1.70. The maximum absolute atomic E-state index is 13.1. The van der Waals surface area contributed by atoms with Crippen LogP contribution in [0.4, 0.5) is 5.69 Å². The van der Waals surface area contributed by atoms with Gasteiger partial charge in [-0.2, -0.15) is 0 Å². The quantitative estimate of drug-likeness (QED) is 0.276. The fraction of sp³-hybridized carbons (Fsp3) is 0.107. The zero-order valence-corrected chi connectivity index (χ0v) is 19.4. The number of nitrogens with one attached hydrogen (secondary N) is 1. The summed E-state index contributed by atoms with van der Waals surface area (Å²) >= 11 is 6.19. The van der Waals surface area contributed by atoms with Gasteiger partial charge < -0.3 is 19.5 Å². The second-order valence-electron chi connectivity index (χ2n) is 7.37. The van der Waals surface area contributed by atoms with Gasteiger partial charge in [0, 0.05) is 16.1 Å². The first-order valence-corrected chi connectivity index (χ1v) is 11.3. The van der Waals surface area contributed by atoms with Crippen molar-refractivity contribution in [1.29, 1.82) is 0 Å². The highest BCUT2D eigenvalue weighted by molar-refractivity contribution is 6.31. The number of hydrogen-bond donors (Lipinski definition) is 1. The minimum Gasteiger partial charge on any atom is -0.493 e. The molecule has 0 unspecified atom stereocenters. The Kier molecular flexibility index (Phi) is 7.68. The lowest BCUT2D eigenvalue weighted by molar-refractivity contribution is 0.102. The van der Waals surface area contributed by atoms with E-state index in [2.05, 4.69) is 5.32 Å². The Morgan fingerprint density at radius 1 is 0.794 bits per heavy atom. The van der Waals surface area contributed by atoms with Crippen molar-refractivity contribution < 1.29 is 19.0 Å². The third-order valence-electron chi connectivity index (χ3n) is 4.92. The number of benzene rings is 4. The van der Waals surface area contributed by atoms with Crippen molar-refractivity contribution in [2.45, 2.75) is 13.5 Å². The van der Waals surface area contributed by atoms with Crippen molar-refractivity contribution in [3.8, 4) is 23.0 Å². The van der Waals surface area contributed by atoms with E-state index in [0.29, 0.717) is 40.1 Å². The second-order valence-corrected chi connectivity index (χ2v) is 7.80. The number of carbonyl (C=O) groups is 1. The normalized spacial score (nSPS) is 10.4. The third kappa shape index (κ3) is 6.09. The molecule has 6 heteroatoms. The maximum Gasteiger partial charge on any atom is 0.255 e. The first-order valence-electron chi connectivity index (χ1n) is 10.9. The van der Waals surface area contributed by atoms with E-state index in [4.69, 9.17) is 25.8 Å². The lowest BCUT2D eigenvalue weighted by atomic mass is 10.1. The Balaban J connectivity index is 1.55. The molecule has 4 aromatic carbocycles. The molecule has 0 saturated heterocycles. The smallest absolute Gasteiger partial charge is 0.255 e. The van der Waals surface area contributed by atoms with Crippen molar-refractivity contribution in [3.05, 3.63) is 113 Å². The van der Waals surface area contributed by atoms with Gasteiger partial charge in [-0.3, -0.25) is 4.79 Å². The van der Waals surface area contributed by atoms with Crippen molar-refractivity contribution in [1.82, 2.24) is 0 Å². The number of anilines is 1. The van der Waals surface area contributed by atoms with Crippen LogP contribution in [0.2, 0.25) is 5.02 Å². The molecule has 1 amide bonds. The van der Waals surface area contributed by atoms with E-state index in [1.165, 1.54) is 0 Å². The summed E-state index contributed by atoms with van der Waals surface area (Å²) in [7, 11) is 0. The van der Waals surface area contributed by atoms with Gasteiger partial charge in [0.05, 0.1) is 12.3 Å². The van der Waals surface area contributed by atoms with Crippen LogP contribution >= 0.6 is 11.6 Å². The summed E-state index contributed by atoms with van der Waals surface area (Å²) in [4.78, 5) is 13.1. The van der Waals surface area contributed by atoms with Crippen LogP contribution in [0.1, 0.15) is 22.8 Å². The van der Waals surface area contributed by atoms with E-state index >= 15 is 0 Å². The van der Waals surface area contributed by atoms with Gasteiger partial charge in [0.25, 0.3) is 5.91 Å². The molecule has 172 valence electrons. The highest BCUT2D eigenvalue weighted by Gasteiger charge is 2.15. The molecule has 34 heavy (non-hydrogen) atoms. The van der Waals surface area contributed by atoms with Crippen LogP contribution in [-0.2, 0) is 6.61 Å². The monoisotopic (exact) mass is 473 g/mol. The summed E-state index contributed by atoms with van der Waals surface area (Å²) in [5.74, 6) is 2.25. The summed E-state index contributed by atoms with van der Waals surface area (Å²) in [6, 6.07) is 29.2. The molecule has 0 spiro atoms. The average Bonchev–Trinajstić information content (AvgIpc) is 2.86. The average molecular weight is 474 g/mol. The van der Waals surface area contributed by atoms with Crippen LogP contribution in [0.3, 0.4) is 0 Å². The molecule has 4 aromatic rings. The van der Waals surface area contributed by atoms with Gasteiger partial charge in [0.2, 0.25) is 0 Å². The van der Waals surface area contributed by atoms with E-state index in [1.54, 1.807) is 36.4 Å². The maximum atomic E-state index is 13.1. The fourth-order valence-corrected chi connectivity index (χ4v) is 3.48. The Morgan fingerprint density at radius 2 is 1.47 bits per heavy atom. The van der Waals surface area contributed by atoms with Gasteiger partial charge in [-0.15, -0.1) is 0 Å². The Hall–Kier alpha value is -3.96. The molecule has 0 bridgehead atoms. The molecule has 0 atom stereocenters. The van der Waals surface area contributed by atoms with Crippen molar-refractivity contribution in [2.75, 3.05) is 11.9 Å². The molecule has 1 N–H and O–H groups in total. The van der Waals surface area contributed by atoms with E-state index in [0.717, 1.165) is 11.3 Å². The number of para-hydroxylation sites is 2. The first kappa shape index (κ1) is 23.2. The SMILES string of the molecule is CCOc1ccc(C(=O)Nc2cc(Cl)ccc2Oc2ccccc2)cc1COc1ccccc1. The van der Waals surface area contributed by atoms with Crippen molar-refractivity contribution in [2.24, 2.45) is 0 Å². The molecule has 4 rings (SSSR count). The molecule has 0 aliphatic rings. The minimum atomic E-state index is -0.302. The molecule has 0 aromatic heterocycles. The zero-order valence-electron chi connectivity index (χ0n) is 18.7. The predicted molar refractivity (Wildman–Crippen MR) is 134 cm³/mol. The lowest BCUT2D eigenvalue weighted by Gasteiger charge is -2.15. The summed E-state index contributed by atoms with van der Waals surface area (Å²) in [6.07, 6.45) is 0. The molecule has 0 aliphatic carbocycles. The number of ether oxygens (including phenoxy) is 3. The molecular weight excluding hydrogens is 450 g/mol. The van der Waals surface area contributed by atoms with Crippen LogP contribution in [-0.4, -0.2) is 12.5 Å². The van der Waals surface area contributed by atoms with Gasteiger partial charge in [0.15, 0.2) is 5.75 Å². The Labute approximate surface area is 203 Å². The predicted octanol–water partition coefficient (Wildman–Crippen LogP) is 7.36. The summed E-state index contributed by atoms with van der Waals surface area (Å²) < 4.78 is 17.6. The number of hydrogen-bond acceptors (Lipinski definition) is 4.